The fraction of sp³-hybridized carbons (Fsp3) is 0.200. The summed E-state index contributed by atoms with van der Waals surface area (Å²) in [6.45, 7) is 1.98. The molecule has 0 unspecified atom stereocenters. The number of methoxy groups -OCH3 is 2. The third kappa shape index (κ3) is 5.58. The molecular weight excluding hydrogens is 410 g/mol. The molecule has 2 aromatic carbocycles. The van der Waals surface area contributed by atoms with E-state index in [1.165, 1.54) is 50.6 Å². The van der Waals surface area contributed by atoms with E-state index < -0.39 is 21.8 Å². The number of carbonyl (C=O) groups excluding carboxylic acids is 2. The van der Waals surface area contributed by atoms with Crippen LogP contribution < -0.4 is 25.2 Å². The lowest BCUT2D eigenvalue weighted by Crippen LogP contribution is -2.22. The van der Waals surface area contributed by atoms with Gasteiger partial charge in [-0.25, -0.2) is 13.1 Å². The number of benzene rings is 2. The predicted molar refractivity (Wildman–Crippen MR) is 113 cm³/mol. The third-order valence-corrected chi connectivity index (χ3v) is 5.56. The summed E-state index contributed by atoms with van der Waals surface area (Å²) in [4.78, 5) is 24.1. The molecular formula is C20H23N3O6S. The highest BCUT2D eigenvalue weighted by molar-refractivity contribution is 7.89. The molecule has 0 radical (unpaired) electrons. The minimum atomic E-state index is -3.54. The van der Waals surface area contributed by atoms with Crippen LogP contribution in [0.4, 0.5) is 5.69 Å². The molecule has 2 amide bonds. The molecule has 9 nitrogen and oxygen atoms in total. The Morgan fingerprint density at radius 1 is 1.07 bits per heavy atom. The molecule has 0 aliphatic heterocycles. The van der Waals surface area contributed by atoms with E-state index in [1.807, 2.05) is 0 Å². The fourth-order valence-electron chi connectivity index (χ4n) is 2.56. The number of nitrogens with one attached hydrogen (secondary N) is 2. The second kappa shape index (κ2) is 9.90. The molecule has 0 spiro atoms. The molecule has 0 aliphatic carbocycles. The van der Waals surface area contributed by atoms with Crippen molar-refractivity contribution in [2.45, 2.75) is 11.8 Å². The second-order valence-corrected chi connectivity index (χ2v) is 7.78. The summed E-state index contributed by atoms with van der Waals surface area (Å²) >= 11 is 0. The van der Waals surface area contributed by atoms with Crippen molar-refractivity contribution in [1.82, 2.24) is 4.72 Å². The summed E-state index contributed by atoms with van der Waals surface area (Å²) in [5.74, 6) is -0.645. The zero-order valence-corrected chi connectivity index (χ0v) is 17.6. The number of nitrogens with two attached hydrogens (primary N) is 1. The van der Waals surface area contributed by atoms with Crippen LogP contribution in [0.5, 0.6) is 11.5 Å². The first kappa shape index (κ1) is 22.9. The topological polar surface area (TPSA) is 137 Å². The van der Waals surface area contributed by atoms with Gasteiger partial charge in [0.15, 0.2) is 11.5 Å². The van der Waals surface area contributed by atoms with E-state index in [9.17, 15) is 18.0 Å². The van der Waals surface area contributed by atoms with Gasteiger partial charge in [0.25, 0.3) is 5.91 Å². The van der Waals surface area contributed by atoms with Crippen LogP contribution in [-0.4, -0.2) is 41.0 Å². The van der Waals surface area contributed by atoms with Crippen molar-refractivity contribution in [3.05, 3.63) is 53.6 Å². The van der Waals surface area contributed by atoms with E-state index in [-0.39, 0.29) is 22.7 Å². The Morgan fingerprint density at radius 3 is 2.20 bits per heavy atom. The molecule has 0 aliphatic rings. The van der Waals surface area contributed by atoms with Gasteiger partial charge in [-0.15, -0.1) is 0 Å². The number of amides is 2. The van der Waals surface area contributed by atoms with Crippen molar-refractivity contribution in [2.24, 2.45) is 5.73 Å². The molecule has 0 fully saturated rings. The van der Waals surface area contributed by atoms with Gasteiger partial charge in [-0.2, -0.15) is 0 Å². The van der Waals surface area contributed by atoms with Crippen LogP contribution in [0, 0.1) is 0 Å². The second-order valence-electron chi connectivity index (χ2n) is 6.01. The van der Waals surface area contributed by atoms with Crippen LogP contribution in [0.1, 0.15) is 22.8 Å². The summed E-state index contributed by atoms with van der Waals surface area (Å²) in [7, 11) is -0.705. The highest BCUT2D eigenvalue weighted by atomic mass is 32.2. The van der Waals surface area contributed by atoms with Gasteiger partial charge in [0.05, 0.1) is 30.4 Å². The Labute approximate surface area is 174 Å². The number of primary amides is 1. The first-order chi connectivity index (χ1) is 14.2. The van der Waals surface area contributed by atoms with Crippen molar-refractivity contribution in [1.29, 1.82) is 0 Å². The SMILES string of the molecule is CCNS(=O)(=O)c1ccc(/C=C/C(=O)Nc2cc(OC)c(OC)cc2C(N)=O)cc1. The van der Waals surface area contributed by atoms with E-state index in [2.05, 4.69) is 10.0 Å². The van der Waals surface area contributed by atoms with Crippen LogP contribution in [0.3, 0.4) is 0 Å². The average molecular weight is 433 g/mol. The lowest BCUT2D eigenvalue weighted by molar-refractivity contribution is -0.111. The molecule has 2 aromatic rings. The Balaban J connectivity index is 2.19. The van der Waals surface area contributed by atoms with E-state index in [1.54, 1.807) is 19.1 Å². The maximum atomic E-state index is 12.3. The molecule has 0 bridgehead atoms. The molecule has 0 aromatic heterocycles. The number of hydrogen-bond donors (Lipinski definition) is 3. The summed E-state index contributed by atoms with van der Waals surface area (Å²) < 4.78 is 36.6. The summed E-state index contributed by atoms with van der Waals surface area (Å²) in [5, 5.41) is 2.57. The van der Waals surface area contributed by atoms with E-state index >= 15 is 0 Å². The zero-order chi connectivity index (χ0) is 22.3. The van der Waals surface area contributed by atoms with Gasteiger partial charge in [0.2, 0.25) is 15.9 Å². The predicted octanol–water partition coefficient (Wildman–Crippen LogP) is 1.75. The first-order valence-electron chi connectivity index (χ1n) is 8.86. The van der Waals surface area contributed by atoms with Gasteiger partial charge >= 0.3 is 0 Å². The molecule has 160 valence electrons. The largest absolute Gasteiger partial charge is 0.493 e. The Kier molecular flexibility index (Phi) is 7.56. The van der Waals surface area contributed by atoms with Crippen molar-refractivity contribution in [3.8, 4) is 11.5 Å². The molecule has 0 atom stereocenters. The number of ether oxygens (including phenoxy) is 2. The van der Waals surface area contributed by atoms with Gasteiger partial charge in [-0.1, -0.05) is 19.1 Å². The molecule has 4 N–H and O–H groups in total. The molecule has 0 saturated carbocycles. The van der Waals surface area contributed by atoms with Gasteiger partial charge in [-0.05, 0) is 29.8 Å². The summed E-state index contributed by atoms with van der Waals surface area (Å²) in [6.07, 6.45) is 2.75. The van der Waals surface area contributed by atoms with Gasteiger partial charge < -0.3 is 20.5 Å². The Morgan fingerprint density at radius 2 is 1.67 bits per heavy atom. The number of anilines is 1. The van der Waals surface area contributed by atoms with E-state index in [0.717, 1.165) is 0 Å². The maximum Gasteiger partial charge on any atom is 0.250 e. The molecule has 0 saturated heterocycles. The van der Waals surface area contributed by atoms with Gasteiger partial charge in [0, 0.05) is 18.7 Å². The summed E-state index contributed by atoms with van der Waals surface area (Å²) in [6, 6.07) is 8.83. The first-order valence-corrected chi connectivity index (χ1v) is 10.3. The van der Waals surface area contributed by atoms with Crippen molar-refractivity contribution >= 4 is 33.6 Å². The zero-order valence-electron chi connectivity index (χ0n) is 16.8. The average Bonchev–Trinajstić information content (AvgIpc) is 2.72. The van der Waals surface area contributed by atoms with Crippen LogP contribution >= 0.6 is 0 Å². The molecule has 0 heterocycles. The van der Waals surface area contributed by atoms with Crippen LogP contribution in [0.2, 0.25) is 0 Å². The highest BCUT2D eigenvalue weighted by Crippen LogP contribution is 2.33. The minimum absolute atomic E-state index is 0.0624. The van der Waals surface area contributed by atoms with Gasteiger partial charge in [-0.3, -0.25) is 9.59 Å². The highest BCUT2D eigenvalue weighted by Gasteiger charge is 2.16. The van der Waals surface area contributed by atoms with Crippen molar-refractivity contribution < 1.29 is 27.5 Å². The van der Waals surface area contributed by atoms with E-state index in [4.69, 9.17) is 15.2 Å². The lowest BCUT2D eigenvalue weighted by Gasteiger charge is -2.13. The normalized spacial score (nSPS) is 11.3. The maximum absolute atomic E-state index is 12.3. The standard InChI is InChI=1S/C20H23N3O6S/c1-4-22-30(26,27)14-8-5-13(6-9-14)7-10-19(24)23-16-12-18(29-3)17(28-2)11-15(16)20(21)25/h5-12,22H,4H2,1-3H3,(H2,21,25)(H,23,24)/b10-7+. The Hall–Kier alpha value is -3.37. The fourth-order valence-corrected chi connectivity index (χ4v) is 3.61. The van der Waals surface area contributed by atoms with Crippen LogP contribution in [0.15, 0.2) is 47.4 Å². The summed E-state index contributed by atoms with van der Waals surface area (Å²) in [5.41, 5.74) is 6.23. The molecule has 30 heavy (non-hydrogen) atoms. The molecule has 10 heteroatoms. The number of hydrogen-bond acceptors (Lipinski definition) is 6. The van der Waals surface area contributed by atoms with Crippen LogP contribution in [-0.2, 0) is 14.8 Å². The van der Waals surface area contributed by atoms with Crippen LogP contribution in [0.25, 0.3) is 6.08 Å². The quantitative estimate of drug-likeness (QED) is 0.515. The Bertz CT molecular complexity index is 1060. The number of rotatable bonds is 9. The molecule has 2 rings (SSSR count). The number of sulfonamides is 1. The van der Waals surface area contributed by atoms with E-state index in [0.29, 0.717) is 17.1 Å². The third-order valence-electron chi connectivity index (χ3n) is 4.00. The lowest BCUT2D eigenvalue weighted by atomic mass is 10.1. The number of carbonyl (C=O) groups is 2. The monoisotopic (exact) mass is 433 g/mol. The smallest absolute Gasteiger partial charge is 0.250 e. The van der Waals surface area contributed by atoms with Crippen molar-refractivity contribution in [2.75, 3.05) is 26.1 Å². The minimum Gasteiger partial charge on any atom is -0.493 e. The van der Waals surface area contributed by atoms with Gasteiger partial charge in [0.1, 0.15) is 0 Å². The van der Waals surface area contributed by atoms with Crippen molar-refractivity contribution in [3.63, 3.8) is 0 Å².